The number of aliphatic imine (C=N–C) groups is 1. The van der Waals surface area contributed by atoms with Crippen LogP contribution in [0, 0.1) is 5.82 Å². The summed E-state index contributed by atoms with van der Waals surface area (Å²) in [5.41, 5.74) is 1.51. The maximum absolute atomic E-state index is 14.4. The Balaban J connectivity index is 1.81. The van der Waals surface area contributed by atoms with Crippen LogP contribution in [0.2, 0.25) is 0 Å². The molecular weight excluding hydrogens is 359 g/mol. The van der Waals surface area contributed by atoms with Crippen molar-refractivity contribution >= 4 is 11.6 Å². The Kier molecular flexibility index (Phi) is 10.1. The molecule has 0 saturated carbocycles. The molecule has 6 nitrogen and oxygen atoms in total. The van der Waals surface area contributed by atoms with Gasteiger partial charge in [-0.15, -0.1) is 0 Å². The second kappa shape index (κ2) is 12.6. The summed E-state index contributed by atoms with van der Waals surface area (Å²) < 4.78 is 25.5. The molecule has 28 heavy (non-hydrogen) atoms. The van der Waals surface area contributed by atoms with Crippen LogP contribution in [0.15, 0.2) is 23.2 Å². The van der Waals surface area contributed by atoms with Crippen LogP contribution in [0.5, 0.6) is 0 Å². The zero-order valence-electron chi connectivity index (χ0n) is 17.5. The van der Waals surface area contributed by atoms with E-state index in [-0.39, 0.29) is 11.9 Å². The van der Waals surface area contributed by atoms with Crippen molar-refractivity contribution < 1.29 is 13.9 Å². The van der Waals surface area contributed by atoms with E-state index < -0.39 is 0 Å². The lowest BCUT2D eigenvalue weighted by atomic mass is 10.2. The van der Waals surface area contributed by atoms with E-state index in [0.29, 0.717) is 25.4 Å². The van der Waals surface area contributed by atoms with Crippen molar-refractivity contribution in [3.8, 4) is 0 Å². The van der Waals surface area contributed by atoms with Gasteiger partial charge in [-0.3, -0.25) is 0 Å². The molecule has 1 aliphatic heterocycles. The maximum atomic E-state index is 14.4. The van der Waals surface area contributed by atoms with E-state index in [0.717, 1.165) is 57.2 Å². The summed E-state index contributed by atoms with van der Waals surface area (Å²) in [6.45, 7) is 11.9. The number of nitrogens with zero attached hydrogens (tertiary/aromatic N) is 2. The first-order chi connectivity index (χ1) is 13.7. The second-order valence-corrected chi connectivity index (χ2v) is 6.79. The predicted molar refractivity (Wildman–Crippen MR) is 113 cm³/mol. The van der Waals surface area contributed by atoms with Crippen molar-refractivity contribution in [3.63, 3.8) is 0 Å². The lowest BCUT2D eigenvalue weighted by Gasteiger charge is -2.21. The molecule has 0 bridgehead atoms. The lowest BCUT2D eigenvalue weighted by Crippen LogP contribution is -2.38. The quantitative estimate of drug-likeness (QED) is 0.343. The first-order valence-electron chi connectivity index (χ1n) is 10.4. The third-order valence-corrected chi connectivity index (χ3v) is 4.74. The van der Waals surface area contributed by atoms with Crippen LogP contribution in [0.4, 0.5) is 10.1 Å². The van der Waals surface area contributed by atoms with E-state index >= 15 is 0 Å². The Morgan fingerprint density at radius 2 is 2.11 bits per heavy atom. The average molecular weight is 395 g/mol. The first-order valence-corrected chi connectivity index (χ1v) is 10.4. The van der Waals surface area contributed by atoms with Crippen molar-refractivity contribution in [2.75, 3.05) is 50.9 Å². The summed E-state index contributed by atoms with van der Waals surface area (Å²) in [6.07, 6.45) is 2.13. The van der Waals surface area contributed by atoms with Crippen LogP contribution in [0.25, 0.3) is 0 Å². The van der Waals surface area contributed by atoms with Gasteiger partial charge < -0.3 is 25.0 Å². The van der Waals surface area contributed by atoms with Crippen molar-refractivity contribution in [2.24, 2.45) is 4.99 Å². The van der Waals surface area contributed by atoms with E-state index in [1.165, 1.54) is 0 Å². The molecular formula is C21H35FN4O2. The molecule has 2 N–H and O–H groups in total. The van der Waals surface area contributed by atoms with Gasteiger partial charge in [0, 0.05) is 39.4 Å². The third kappa shape index (κ3) is 7.28. The highest BCUT2D eigenvalue weighted by Gasteiger charge is 2.15. The molecule has 1 aromatic carbocycles. The summed E-state index contributed by atoms with van der Waals surface area (Å²) in [5, 5.41) is 6.53. The van der Waals surface area contributed by atoms with E-state index in [4.69, 9.17) is 9.47 Å². The number of nitrogens with one attached hydrogen (secondary N) is 2. The maximum Gasteiger partial charge on any atom is 0.191 e. The molecule has 1 fully saturated rings. The van der Waals surface area contributed by atoms with Crippen LogP contribution in [0.3, 0.4) is 0 Å². The van der Waals surface area contributed by atoms with Crippen molar-refractivity contribution in [2.45, 2.75) is 46.3 Å². The molecule has 0 spiro atoms. The number of anilines is 1. The van der Waals surface area contributed by atoms with Crippen LogP contribution in [0.1, 0.15) is 39.2 Å². The fourth-order valence-electron chi connectivity index (χ4n) is 3.15. The highest BCUT2D eigenvalue weighted by Crippen LogP contribution is 2.20. The van der Waals surface area contributed by atoms with Gasteiger partial charge in [-0.2, -0.15) is 0 Å². The first kappa shape index (κ1) is 22.4. The zero-order chi connectivity index (χ0) is 20.2. The molecule has 2 rings (SSSR count). The van der Waals surface area contributed by atoms with Gasteiger partial charge >= 0.3 is 0 Å². The number of rotatable bonds is 11. The minimum atomic E-state index is -0.192. The molecule has 1 atom stereocenters. The summed E-state index contributed by atoms with van der Waals surface area (Å²) in [6, 6.07) is 5.37. The van der Waals surface area contributed by atoms with Crippen molar-refractivity contribution in [1.82, 2.24) is 10.6 Å². The highest BCUT2D eigenvalue weighted by molar-refractivity contribution is 5.79. The number of hydrogen-bond donors (Lipinski definition) is 2. The highest BCUT2D eigenvalue weighted by atomic mass is 19.1. The molecule has 0 aliphatic carbocycles. The number of guanidine groups is 1. The van der Waals surface area contributed by atoms with Gasteiger partial charge in [-0.1, -0.05) is 6.07 Å². The topological polar surface area (TPSA) is 58.1 Å². The Morgan fingerprint density at radius 1 is 1.29 bits per heavy atom. The number of benzene rings is 1. The minimum absolute atomic E-state index is 0.192. The molecule has 1 aromatic rings. The molecule has 1 aliphatic rings. The molecule has 0 aromatic heterocycles. The van der Waals surface area contributed by atoms with E-state index in [1.54, 1.807) is 6.07 Å². The number of halogens is 1. The summed E-state index contributed by atoms with van der Waals surface area (Å²) in [4.78, 5) is 6.58. The summed E-state index contributed by atoms with van der Waals surface area (Å²) in [5.74, 6) is 0.544. The van der Waals surface area contributed by atoms with Gasteiger partial charge in [0.2, 0.25) is 0 Å². The fraction of sp³-hybridized carbons (Fsp3) is 0.667. The zero-order valence-corrected chi connectivity index (χ0v) is 17.5. The third-order valence-electron chi connectivity index (χ3n) is 4.74. The Labute approximate surface area is 168 Å². The fourth-order valence-corrected chi connectivity index (χ4v) is 3.15. The minimum Gasteiger partial charge on any atom is -0.379 e. The van der Waals surface area contributed by atoms with Crippen LogP contribution in [-0.2, 0) is 16.0 Å². The average Bonchev–Trinajstić information content (AvgIpc) is 3.21. The smallest absolute Gasteiger partial charge is 0.191 e. The van der Waals surface area contributed by atoms with Gasteiger partial charge in [0.25, 0.3) is 0 Å². The largest absolute Gasteiger partial charge is 0.379 e. The number of hydrogen-bond acceptors (Lipinski definition) is 4. The molecule has 158 valence electrons. The van der Waals surface area contributed by atoms with Crippen LogP contribution >= 0.6 is 0 Å². The normalized spacial score (nSPS) is 17.0. The molecule has 0 radical (unpaired) electrons. The second-order valence-electron chi connectivity index (χ2n) is 6.79. The Bertz CT molecular complexity index is 602. The van der Waals surface area contributed by atoms with E-state index in [2.05, 4.69) is 15.6 Å². The standard InChI is InChI=1S/C21H35FN4O2/c1-4-23-21(24-11-7-12-28-18-10-13-27-16-18)25-15-17-8-9-20(19(22)14-17)26(5-2)6-3/h8-9,14,18H,4-7,10-13,15-16H2,1-3H3,(H2,23,24,25). The van der Waals surface area contributed by atoms with Gasteiger partial charge in [-0.25, -0.2) is 9.38 Å². The molecule has 1 unspecified atom stereocenters. The summed E-state index contributed by atoms with van der Waals surface area (Å²) >= 11 is 0. The van der Waals surface area contributed by atoms with Crippen LogP contribution in [-0.4, -0.2) is 58.1 Å². The van der Waals surface area contributed by atoms with Gasteiger partial charge in [0.1, 0.15) is 5.82 Å². The van der Waals surface area contributed by atoms with Crippen molar-refractivity contribution in [3.05, 3.63) is 29.6 Å². The van der Waals surface area contributed by atoms with E-state index in [1.807, 2.05) is 37.8 Å². The Morgan fingerprint density at radius 3 is 2.75 bits per heavy atom. The summed E-state index contributed by atoms with van der Waals surface area (Å²) in [7, 11) is 0. The molecule has 1 saturated heterocycles. The monoisotopic (exact) mass is 394 g/mol. The van der Waals surface area contributed by atoms with Gasteiger partial charge in [0.05, 0.1) is 24.9 Å². The van der Waals surface area contributed by atoms with E-state index in [9.17, 15) is 4.39 Å². The molecule has 1 heterocycles. The number of ether oxygens (including phenoxy) is 2. The van der Waals surface area contributed by atoms with Crippen LogP contribution < -0.4 is 15.5 Å². The van der Waals surface area contributed by atoms with Gasteiger partial charge in [0.15, 0.2) is 5.96 Å². The molecule has 7 heteroatoms. The predicted octanol–water partition coefficient (Wildman–Crippen LogP) is 2.92. The lowest BCUT2D eigenvalue weighted by molar-refractivity contribution is 0.0420. The Hall–Kier alpha value is -1.86. The SMILES string of the molecule is CCNC(=NCc1ccc(N(CC)CC)c(F)c1)NCCCOC1CCOC1. The van der Waals surface area contributed by atoms with Crippen molar-refractivity contribution in [1.29, 1.82) is 0 Å². The molecule has 0 amide bonds. The van der Waals surface area contributed by atoms with Gasteiger partial charge in [-0.05, 0) is 51.3 Å².